The number of hydrogen-bond donors (Lipinski definition) is 20. The maximum atomic E-state index is 13.5. The molecule has 11 amide bonds. The number of amides is 11. The van der Waals surface area contributed by atoms with E-state index in [-0.39, 0.29) is 6.42 Å². The number of aliphatic carboxylic acids is 4. The van der Waals surface area contributed by atoms with Crippen LogP contribution in [0.3, 0.4) is 0 Å². The van der Waals surface area contributed by atoms with Gasteiger partial charge in [0.15, 0.2) is 0 Å². The zero-order valence-electron chi connectivity index (χ0n) is 46.0. The lowest BCUT2D eigenvalue weighted by atomic mass is 10.0. The van der Waals surface area contributed by atoms with Crippen LogP contribution in [0.15, 0.2) is 12.5 Å². The third-order valence-electron chi connectivity index (χ3n) is 11.8. The zero-order chi connectivity index (χ0) is 63.4. The number of carbonyl (C=O) groups excluding carboxylic acids is 11. The minimum atomic E-state index is -2.05. The van der Waals surface area contributed by atoms with Gasteiger partial charge in [-0.1, -0.05) is 27.7 Å². The minimum absolute atomic E-state index is 0.152. The number of imidazole rings is 1. The Morgan fingerprint density at radius 2 is 0.892 bits per heavy atom. The monoisotopic (exact) mass is 1190 g/mol. The van der Waals surface area contributed by atoms with Crippen LogP contribution in [-0.2, 0) is 78.3 Å². The molecule has 0 aromatic carbocycles. The Balaban J connectivity index is 3.06. The Hall–Kier alpha value is -8.90. The smallest absolute Gasteiger partial charge is 0.326 e. The average Bonchev–Trinajstić information content (AvgIpc) is 3.98. The molecule has 0 aliphatic carbocycles. The van der Waals surface area contributed by atoms with Gasteiger partial charge in [-0.3, -0.25) is 67.1 Å². The largest absolute Gasteiger partial charge is 0.481 e. The molecule has 1 aromatic heterocycles. The summed E-state index contributed by atoms with van der Waals surface area (Å²) in [5, 5.41) is 90.6. The van der Waals surface area contributed by atoms with Crippen LogP contribution >= 0.6 is 0 Å². The third-order valence-corrected chi connectivity index (χ3v) is 11.8. The highest BCUT2D eigenvalue weighted by molar-refractivity contribution is 5.99. The van der Waals surface area contributed by atoms with Gasteiger partial charge in [-0.2, -0.15) is 0 Å². The van der Waals surface area contributed by atoms with Crippen LogP contribution in [-0.4, -0.2) is 227 Å². The van der Waals surface area contributed by atoms with E-state index in [2.05, 4.69) is 52.5 Å². The van der Waals surface area contributed by atoms with E-state index in [0.29, 0.717) is 5.69 Å². The van der Waals surface area contributed by atoms with Gasteiger partial charge in [-0.05, 0) is 38.5 Å². The number of carboxylic acid groups (broad SMARTS) is 4. The van der Waals surface area contributed by atoms with Gasteiger partial charge in [0.25, 0.3) is 0 Å². The first-order valence-corrected chi connectivity index (χ1v) is 25.5. The van der Waals surface area contributed by atoms with Crippen LogP contribution in [0.5, 0.6) is 0 Å². The van der Waals surface area contributed by atoms with Gasteiger partial charge in [0.05, 0.1) is 39.1 Å². The molecule has 36 heteroatoms. The van der Waals surface area contributed by atoms with E-state index in [1.165, 1.54) is 47.1 Å². The second-order valence-corrected chi connectivity index (χ2v) is 19.3. The highest BCUT2D eigenvalue weighted by atomic mass is 16.4. The van der Waals surface area contributed by atoms with Gasteiger partial charge in [-0.25, -0.2) is 9.78 Å². The molecule has 464 valence electrons. The lowest BCUT2D eigenvalue weighted by Crippen LogP contribution is -2.61. The van der Waals surface area contributed by atoms with Crippen molar-refractivity contribution >= 4 is 88.9 Å². The van der Waals surface area contributed by atoms with Gasteiger partial charge in [0.1, 0.15) is 66.5 Å². The molecule has 0 bridgehead atoms. The molecule has 36 nitrogen and oxygen atoms in total. The number of aromatic amines is 1. The number of nitrogens with one attached hydrogen (secondary N) is 12. The van der Waals surface area contributed by atoms with Crippen LogP contribution in [0.2, 0.25) is 0 Å². The SMILES string of the molecule is CC(C)[C@H](NC(=O)[C@H](C)NC(=O)[C@H](CCC(=O)O)NC(=O)CNC(=O)[C@H](CC(=O)O)NC(=O)[C@H](CO)NC(=O)[C@H](CO)NC(=O)[C@@H](NC(=O)[C@H](C)NC(=O)[C@H](Cc1cnc[nH]1)NC(=O)[C@@H](N)CO)C(C)C)C(=O)N[C@@H](CCC(=O)O)C(=O)O. The second kappa shape index (κ2) is 35.7. The van der Waals surface area contributed by atoms with Crippen molar-refractivity contribution in [3.05, 3.63) is 18.2 Å². The summed E-state index contributed by atoms with van der Waals surface area (Å²) >= 11 is 0. The fourth-order valence-electron chi connectivity index (χ4n) is 7.01. The number of nitrogens with two attached hydrogens (primary N) is 1. The lowest BCUT2D eigenvalue weighted by molar-refractivity contribution is -0.144. The first kappa shape index (κ1) is 72.1. The maximum Gasteiger partial charge on any atom is 0.326 e. The Labute approximate surface area is 472 Å². The Morgan fingerprint density at radius 3 is 1.30 bits per heavy atom. The fraction of sp³-hybridized carbons (Fsp3) is 0.617. The number of H-pyrrole nitrogens is 1. The van der Waals surface area contributed by atoms with Crippen molar-refractivity contribution in [1.29, 1.82) is 0 Å². The Kier molecular flexibility index (Phi) is 31.1. The van der Waals surface area contributed by atoms with Crippen LogP contribution in [0, 0.1) is 11.8 Å². The molecule has 1 heterocycles. The zero-order valence-corrected chi connectivity index (χ0v) is 46.0. The summed E-state index contributed by atoms with van der Waals surface area (Å²) in [7, 11) is 0. The predicted octanol–water partition coefficient (Wildman–Crippen LogP) is -9.14. The molecule has 0 saturated heterocycles. The van der Waals surface area contributed by atoms with E-state index in [9.17, 15) is 103 Å². The molecule has 0 spiro atoms. The van der Waals surface area contributed by atoms with Crippen LogP contribution < -0.4 is 64.2 Å². The topological polar surface area (TPSA) is 585 Å². The van der Waals surface area contributed by atoms with Gasteiger partial charge < -0.3 is 105 Å². The number of aliphatic hydroxyl groups excluding tert-OH is 3. The molecule has 0 fully saturated rings. The number of aliphatic hydroxyl groups is 3. The Bertz CT molecular complexity index is 2480. The third kappa shape index (κ3) is 26.1. The summed E-state index contributed by atoms with van der Waals surface area (Å²) in [5.74, 6) is -19.7. The van der Waals surface area contributed by atoms with E-state index >= 15 is 0 Å². The van der Waals surface area contributed by atoms with Crippen molar-refractivity contribution in [3.63, 3.8) is 0 Å². The van der Waals surface area contributed by atoms with E-state index in [1.807, 2.05) is 16.0 Å². The molecule has 11 atom stereocenters. The van der Waals surface area contributed by atoms with Crippen molar-refractivity contribution in [2.24, 2.45) is 17.6 Å². The van der Waals surface area contributed by atoms with E-state index in [4.69, 9.17) is 10.8 Å². The van der Waals surface area contributed by atoms with Crippen molar-refractivity contribution in [3.8, 4) is 0 Å². The first-order chi connectivity index (χ1) is 38.8. The normalized spacial score (nSPS) is 15.0. The lowest BCUT2D eigenvalue weighted by Gasteiger charge is -2.27. The number of hydrogen-bond acceptors (Lipinski definition) is 20. The molecule has 1 rings (SSSR count). The highest BCUT2D eigenvalue weighted by Gasteiger charge is 2.36. The molecule has 83 heavy (non-hydrogen) atoms. The first-order valence-electron chi connectivity index (χ1n) is 25.5. The molecule has 21 N–H and O–H groups in total. The van der Waals surface area contributed by atoms with E-state index in [0.717, 1.165) is 6.92 Å². The summed E-state index contributed by atoms with van der Waals surface area (Å²) in [6.07, 6.45) is -1.10. The van der Waals surface area contributed by atoms with Gasteiger partial charge in [0.2, 0.25) is 65.0 Å². The molecule has 0 saturated carbocycles. The van der Waals surface area contributed by atoms with Crippen molar-refractivity contribution in [1.82, 2.24) is 68.5 Å². The maximum absolute atomic E-state index is 13.5. The van der Waals surface area contributed by atoms with E-state index < -0.39 is 226 Å². The molecule has 0 aliphatic heterocycles. The molecular formula is C47H74N14O22. The highest BCUT2D eigenvalue weighted by Crippen LogP contribution is 2.09. The summed E-state index contributed by atoms with van der Waals surface area (Å²) in [6.45, 7) is 4.07. The van der Waals surface area contributed by atoms with Crippen LogP contribution in [0.25, 0.3) is 0 Å². The van der Waals surface area contributed by atoms with Gasteiger partial charge in [0, 0.05) is 31.2 Å². The molecule has 0 radical (unpaired) electrons. The average molecular weight is 1190 g/mol. The molecule has 1 aromatic rings. The van der Waals surface area contributed by atoms with Crippen LogP contribution in [0.4, 0.5) is 0 Å². The summed E-state index contributed by atoms with van der Waals surface area (Å²) in [5.41, 5.74) is 5.96. The Morgan fingerprint density at radius 1 is 0.470 bits per heavy atom. The quantitative estimate of drug-likeness (QED) is 0.0292. The summed E-state index contributed by atoms with van der Waals surface area (Å²) in [4.78, 5) is 197. The number of aromatic nitrogens is 2. The van der Waals surface area contributed by atoms with Gasteiger partial charge in [-0.15, -0.1) is 0 Å². The minimum Gasteiger partial charge on any atom is -0.481 e. The van der Waals surface area contributed by atoms with E-state index in [1.54, 1.807) is 0 Å². The summed E-state index contributed by atoms with van der Waals surface area (Å²) in [6, 6.07) is -17.8. The molecule has 0 aliphatic rings. The van der Waals surface area contributed by atoms with Crippen molar-refractivity contribution in [2.45, 2.75) is 147 Å². The molecule has 0 unspecified atom stereocenters. The molecular weight excluding hydrogens is 1110 g/mol. The second-order valence-electron chi connectivity index (χ2n) is 19.3. The standard InChI is InChI=1S/C47H74N14O22/c1-19(2)35(45(80)55-26(47(82)83)8-10-33(68)69)60-37(72)21(5)52-41(76)25(7-9-32(66)67)54-31(65)14-50-40(75)28(12-34(70)71)57-43(78)29(16-63)58-44(79)30(17-64)59-46(81)36(20(3)4)61-38(73)22(6)53-42(77)27(11-23-13-49-18-51-23)56-39(74)24(48)15-62/h13,18-22,24-30,35-36,62-64H,7-12,14-17,48H2,1-6H3,(H,49,51)(H,50,75)(H,52,76)(H,53,77)(H,54,65)(H,55,80)(H,56,74)(H,57,78)(H,58,79)(H,59,81)(H,60,72)(H,61,73)(H,66,67)(H,68,69)(H,70,71)(H,82,83)/t21-,22-,24-,25-,26-,27-,28-,29-,30-,35-,36-/m0/s1. The van der Waals surface area contributed by atoms with Crippen molar-refractivity contribution < 1.29 is 108 Å². The number of rotatable bonds is 38. The van der Waals surface area contributed by atoms with Crippen molar-refractivity contribution in [2.75, 3.05) is 26.4 Å². The van der Waals surface area contributed by atoms with Gasteiger partial charge >= 0.3 is 23.9 Å². The number of carboxylic acids is 4. The summed E-state index contributed by atoms with van der Waals surface area (Å²) < 4.78 is 0. The predicted molar refractivity (Wildman–Crippen MR) is 278 cm³/mol. The number of carbonyl (C=O) groups is 15. The van der Waals surface area contributed by atoms with Crippen LogP contribution in [0.1, 0.15) is 79.3 Å². The fourth-order valence-corrected chi connectivity index (χ4v) is 7.01. The number of nitrogens with zero attached hydrogens (tertiary/aromatic N) is 1.